The standard InChI is InChI=1S/C18H12O2/c1-11(19)13-7-8-16-15(10-13)18-14-5-3-2-4-12(14)6-9-17(18)20-16/h2-10H,1H3. The van der Waals surface area contributed by atoms with Crippen LogP contribution in [0.3, 0.4) is 0 Å². The van der Waals surface area contributed by atoms with Crippen LogP contribution in [0, 0.1) is 0 Å². The Morgan fingerprint density at radius 1 is 0.900 bits per heavy atom. The van der Waals surface area contributed by atoms with E-state index in [9.17, 15) is 4.79 Å². The number of rotatable bonds is 1. The van der Waals surface area contributed by atoms with Crippen LogP contribution in [0.15, 0.2) is 59.0 Å². The molecule has 0 aliphatic rings. The topological polar surface area (TPSA) is 30.2 Å². The molecule has 0 fully saturated rings. The molecule has 2 heteroatoms. The van der Waals surface area contributed by atoms with E-state index in [4.69, 9.17) is 4.42 Å². The summed E-state index contributed by atoms with van der Waals surface area (Å²) in [7, 11) is 0. The van der Waals surface area contributed by atoms with E-state index in [1.165, 1.54) is 5.39 Å². The molecule has 96 valence electrons. The molecule has 2 nitrogen and oxygen atoms in total. The second-order valence-electron chi connectivity index (χ2n) is 5.03. The van der Waals surface area contributed by atoms with Crippen molar-refractivity contribution in [2.24, 2.45) is 0 Å². The first-order chi connectivity index (χ1) is 9.74. The summed E-state index contributed by atoms with van der Waals surface area (Å²) in [5.74, 6) is 0.0708. The van der Waals surface area contributed by atoms with Gasteiger partial charge < -0.3 is 4.42 Å². The van der Waals surface area contributed by atoms with Gasteiger partial charge in [0.05, 0.1) is 0 Å². The summed E-state index contributed by atoms with van der Waals surface area (Å²) >= 11 is 0. The van der Waals surface area contributed by atoms with E-state index in [1.807, 2.05) is 36.4 Å². The van der Waals surface area contributed by atoms with Gasteiger partial charge in [-0.25, -0.2) is 0 Å². The Morgan fingerprint density at radius 2 is 1.70 bits per heavy atom. The molecule has 0 saturated heterocycles. The van der Waals surface area contributed by atoms with Gasteiger partial charge in [-0.3, -0.25) is 4.79 Å². The van der Waals surface area contributed by atoms with Crippen LogP contribution >= 0.6 is 0 Å². The van der Waals surface area contributed by atoms with Crippen molar-refractivity contribution in [2.45, 2.75) is 6.92 Å². The zero-order valence-corrected chi connectivity index (χ0v) is 11.0. The summed E-state index contributed by atoms with van der Waals surface area (Å²) in [6.07, 6.45) is 0. The SMILES string of the molecule is CC(=O)c1ccc2oc3ccc4ccccc4c3c2c1. The molecule has 0 amide bonds. The van der Waals surface area contributed by atoms with E-state index in [1.54, 1.807) is 6.92 Å². The second-order valence-corrected chi connectivity index (χ2v) is 5.03. The van der Waals surface area contributed by atoms with E-state index in [0.29, 0.717) is 5.56 Å². The summed E-state index contributed by atoms with van der Waals surface area (Å²) in [4.78, 5) is 11.6. The lowest BCUT2D eigenvalue weighted by molar-refractivity contribution is 0.101. The number of Topliss-reactive ketones (excluding diaryl/α,β-unsaturated/α-hetero) is 1. The highest BCUT2D eigenvalue weighted by atomic mass is 16.3. The average molecular weight is 260 g/mol. The summed E-state index contributed by atoms with van der Waals surface area (Å²) in [5, 5.41) is 4.42. The summed E-state index contributed by atoms with van der Waals surface area (Å²) < 4.78 is 5.88. The minimum atomic E-state index is 0.0708. The Balaban J connectivity index is 2.25. The molecule has 0 aliphatic carbocycles. The molecule has 1 aromatic heterocycles. The van der Waals surface area contributed by atoms with Crippen molar-refractivity contribution in [3.63, 3.8) is 0 Å². The third-order valence-electron chi connectivity index (χ3n) is 3.77. The van der Waals surface area contributed by atoms with E-state index >= 15 is 0 Å². The van der Waals surface area contributed by atoms with Gasteiger partial charge >= 0.3 is 0 Å². The number of benzene rings is 3. The van der Waals surface area contributed by atoms with Gasteiger partial charge in [0.2, 0.25) is 0 Å². The molecule has 0 radical (unpaired) electrons. The lowest BCUT2D eigenvalue weighted by Crippen LogP contribution is -1.90. The lowest BCUT2D eigenvalue weighted by Gasteiger charge is -1.99. The number of carbonyl (C=O) groups excluding carboxylic acids is 1. The van der Waals surface area contributed by atoms with Crippen LogP contribution in [0.2, 0.25) is 0 Å². The number of hydrogen-bond donors (Lipinski definition) is 0. The van der Waals surface area contributed by atoms with Gasteiger partial charge in [-0.05, 0) is 42.0 Å². The highest BCUT2D eigenvalue weighted by Crippen LogP contribution is 2.34. The van der Waals surface area contributed by atoms with Crippen LogP contribution in [0.5, 0.6) is 0 Å². The predicted molar refractivity (Wildman–Crippen MR) is 81.2 cm³/mol. The van der Waals surface area contributed by atoms with Crippen LogP contribution in [-0.4, -0.2) is 5.78 Å². The van der Waals surface area contributed by atoms with E-state index in [2.05, 4.69) is 18.2 Å². The van der Waals surface area contributed by atoms with Gasteiger partial charge in [-0.2, -0.15) is 0 Å². The summed E-state index contributed by atoms with van der Waals surface area (Å²) in [5.41, 5.74) is 2.40. The lowest BCUT2D eigenvalue weighted by atomic mass is 10.0. The van der Waals surface area contributed by atoms with Gasteiger partial charge in [0, 0.05) is 16.3 Å². The highest BCUT2D eigenvalue weighted by molar-refractivity contribution is 6.19. The smallest absolute Gasteiger partial charge is 0.159 e. The first kappa shape index (κ1) is 11.2. The van der Waals surface area contributed by atoms with Crippen molar-refractivity contribution in [1.82, 2.24) is 0 Å². The minimum Gasteiger partial charge on any atom is -0.456 e. The van der Waals surface area contributed by atoms with Crippen LogP contribution in [0.25, 0.3) is 32.7 Å². The van der Waals surface area contributed by atoms with Gasteiger partial charge in [0.1, 0.15) is 11.2 Å². The fraction of sp³-hybridized carbons (Fsp3) is 0.0556. The largest absolute Gasteiger partial charge is 0.456 e. The Hall–Kier alpha value is -2.61. The van der Waals surface area contributed by atoms with Gasteiger partial charge in [0.25, 0.3) is 0 Å². The van der Waals surface area contributed by atoms with Crippen LogP contribution < -0.4 is 0 Å². The Labute approximate surface area is 115 Å². The van der Waals surface area contributed by atoms with Crippen molar-refractivity contribution in [3.8, 4) is 0 Å². The molecule has 0 atom stereocenters. The molecular formula is C18H12O2. The first-order valence-electron chi connectivity index (χ1n) is 6.59. The van der Waals surface area contributed by atoms with Crippen LogP contribution in [-0.2, 0) is 0 Å². The molecule has 0 spiro atoms. The highest BCUT2D eigenvalue weighted by Gasteiger charge is 2.11. The molecule has 0 saturated carbocycles. The maximum atomic E-state index is 11.6. The Bertz CT molecular complexity index is 977. The zero-order valence-electron chi connectivity index (χ0n) is 11.0. The van der Waals surface area contributed by atoms with Crippen molar-refractivity contribution >= 4 is 38.5 Å². The Kier molecular flexibility index (Phi) is 2.21. The van der Waals surface area contributed by atoms with Crippen LogP contribution in [0.1, 0.15) is 17.3 Å². The van der Waals surface area contributed by atoms with E-state index < -0.39 is 0 Å². The molecule has 20 heavy (non-hydrogen) atoms. The molecule has 4 aromatic rings. The molecule has 1 heterocycles. The molecule has 0 bridgehead atoms. The number of fused-ring (bicyclic) bond motifs is 5. The fourth-order valence-electron chi connectivity index (χ4n) is 2.77. The molecule has 0 N–H and O–H groups in total. The quantitative estimate of drug-likeness (QED) is 0.454. The van der Waals surface area contributed by atoms with Gasteiger partial charge in [-0.15, -0.1) is 0 Å². The Morgan fingerprint density at radius 3 is 2.55 bits per heavy atom. The number of carbonyl (C=O) groups is 1. The minimum absolute atomic E-state index is 0.0708. The molecule has 0 unspecified atom stereocenters. The van der Waals surface area contributed by atoms with E-state index in [0.717, 1.165) is 27.3 Å². The fourth-order valence-corrected chi connectivity index (χ4v) is 2.77. The van der Waals surface area contributed by atoms with Crippen molar-refractivity contribution in [3.05, 3.63) is 60.2 Å². The number of furan rings is 1. The summed E-state index contributed by atoms with van der Waals surface area (Å²) in [6, 6.07) is 17.9. The monoisotopic (exact) mass is 260 g/mol. The maximum absolute atomic E-state index is 11.6. The molecule has 3 aromatic carbocycles. The zero-order chi connectivity index (χ0) is 13.7. The second kappa shape index (κ2) is 3.94. The third-order valence-corrected chi connectivity index (χ3v) is 3.77. The van der Waals surface area contributed by atoms with Gasteiger partial charge in [-0.1, -0.05) is 30.3 Å². The number of hydrogen-bond acceptors (Lipinski definition) is 2. The van der Waals surface area contributed by atoms with E-state index in [-0.39, 0.29) is 5.78 Å². The predicted octanol–water partition coefficient (Wildman–Crippen LogP) is 4.94. The molecule has 4 rings (SSSR count). The van der Waals surface area contributed by atoms with Crippen molar-refractivity contribution in [2.75, 3.05) is 0 Å². The third kappa shape index (κ3) is 1.48. The molecule has 0 aliphatic heterocycles. The average Bonchev–Trinajstić information content (AvgIpc) is 2.85. The van der Waals surface area contributed by atoms with Crippen molar-refractivity contribution < 1.29 is 9.21 Å². The first-order valence-corrected chi connectivity index (χ1v) is 6.59. The van der Waals surface area contributed by atoms with Gasteiger partial charge in [0.15, 0.2) is 5.78 Å². The molecular weight excluding hydrogens is 248 g/mol. The maximum Gasteiger partial charge on any atom is 0.159 e. The summed E-state index contributed by atoms with van der Waals surface area (Å²) in [6.45, 7) is 1.58. The van der Waals surface area contributed by atoms with Crippen molar-refractivity contribution in [1.29, 1.82) is 0 Å². The number of ketones is 1. The normalized spacial score (nSPS) is 11.4. The van der Waals surface area contributed by atoms with Crippen LogP contribution in [0.4, 0.5) is 0 Å².